The summed E-state index contributed by atoms with van der Waals surface area (Å²) in [5.74, 6) is 1.03. The van der Waals surface area contributed by atoms with Crippen LogP contribution >= 0.6 is 11.6 Å². The van der Waals surface area contributed by atoms with Gasteiger partial charge < -0.3 is 14.2 Å². The molecule has 1 amide bonds. The van der Waals surface area contributed by atoms with Crippen LogP contribution in [0.5, 0.6) is 11.5 Å². The number of rotatable bonds is 5. The zero-order valence-electron chi connectivity index (χ0n) is 18.9. The number of fused-ring (bicyclic) bond motifs is 1. The Balaban J connectivity index is 2.38. The number of carbonyl (C=O) groups excluding carboxylic acids is 1. The number of halogens is 1. The molecular formula is C23H26ClN3O5. The molecule has 0 saturated carbocycles. The van der Waals surface area contributed by atoms with Gasteiger partial charge in [0.25, 0.3) is 5.56 Å². The summed E-state index contributed by atoms with van der Waals surface area (Å²) < 4.78 is 17.6. The van der Waals surface area contributed by atoms with Gasteiger partial charge in [0.1, 0.15) is 17.1 Å². The summed E-state index contributed by atoms with van der Waals surface area (Å²) in [5.41, 5.74) is -0.398. The van der Waals surface area contributed by atoms with E-state index in [1.165, 1.54) is 23.7 Å². The van der Waals surface area contributed by atoms with Gasteiger partial charge in [0.15, 0.2) is 0 Å². The van der Waals surface area contributed by atoms with Gasteiger partial charge in [0.2, 0.25) is 5.95 Å². The molecule has 1 aromatic heterocycles. The number of methoxy groups -OCH3 is 2. The van der Waals surface area contributed by atoms with Crippen LogP contribution in [0, 0.1) is 0 Å². The average Bonchev–Trinajstić information content (AvgIpc) is 2.72. The Morgan fingerprint density at radius 1 is 1.12 bits per heavy atom. The van der Waals surface area contributed by atoms with Crippen molar-refractivity contribution in [3.8, 4) is 17.2 Å². The summed E-state index contributed by atoms with van der Waals surface area (Å²) in [4.78, 5) is 32.6. The molecule has 0 aliphatic carbocycles. The summed E-state index contributed by atoms with van der Waals surface area (Å²) in [6.07, 6.45) is -0.628. The van der Waals surface area contributed by atoms with Crippen molar-refractivity contribution in [2.24, 2.45) is 0 Å². The Kier molecular flexibility index (Phi) is 6.64. The highest BCUT2D eigenvalue weighted by atomic mass is 35.5. The molecule has 3 aromatic rings. The van der Waals surface area contributed by atoms with E-state index in [9.17, 15) is 9.59 Å². The Hall–Kier alpha value is -3.26. The number of anilines is 1. The van der Waals surface area contributed by atoms with E-state index in [4.69, 9.17) is 25.8 Å². The summed E-state index contributed by atoms with van der Waals surface area (Å²) in [5, 5.41) is 0.496. The van der Waals surface area contributed by atoms with Crippen LogP contribution in [0.4, 0.5) is 10.7 Å². The first kappa shape index (κ1) is 23.4. The van der Waals surface area contributed by atoms with Crippen molar-refractivity contribution in [1.82, 2.24) is 9.55 Å². The zero-order chi connectivity index (χ0) is 23.6. The predicted molar refractivity (Wildman–Crippen MR) is 125 cm³/mol. The fraction of sp³-hybridized carbons (Fsp3) is 0.348. The van der Waals surface area contributed by atoms with E-state index in [-0.39, 0.29) is 22.9 Å². The van der Waals surface area contributed by atoms with Gasteiger partial charge in [-0.15, -0.1) is 0 Å². The molecule has 170 valence electrons. The normalized spacial score (nSPS) is 11.3. The van der Waals surface area contributed by atoms with Gasteiger partial charge in [-0.3, -0.25) is 4.79 Å². The highest BCUT2D eigenvalue weighted by molar-refractivity contribution is 6.35. The van der Waals surface area contributed by atoms with E-state index >= 15 is 0 Å². The molecule has 2 aromatic carbocycles. The minimum absolute atomic E-state index is 0.0943. The maximum absolute atomic E-state index is 13.7. The molecule has 0 fully saturated rings. The number of hydrogen-bond donors (Lipinski definition) is 0. The lowest BCUT2D eigenvalue weighted by atomic mass is 10.2. The van der Waals surface area contributed by atoms with E-state index in [0.29, 0.717) is 22.7 Å². The number of carbonyl (C=O) groups is 1. The Labute approximate surface area is 191 Å². The number of ether oxygens (including phenoxy) is 3. The van der Waals surface area contributed by atoms with Crippen LogP contribution in [-0.2, 0) is 4.74 Å². The SMILES string of the molecule is CCN(C(=O)OC(C)(C)C)c1nc2cccc(Cl)c2c(=O)n1-c1cc(OC)cc(OC)c1. The van der Waals surface area contributed by atoms with Crippen molar-refractivity contribution in [2.45, 2.75) is 33.3 Å². The van der Waals surface area contributed by atoms with E-state index in [0.717, 1.165) is 0 Å². The third-order valence-corrected chi connectivity index (χ3v) is 4.91. The third kappa shape index (κ3) is 4.65. The zero-order valence-corrected chi connectivity index (χ0v) is 19.7. The molecule has 1 heterocycles. The summed E-state index contributed by atoms with van der Waals surface area (Å²) in [6, 6.07) is 9.98. The highest BCUT2D eigenvalue weighted by Crippen LogP contribution is 2.29. The predicted octanol–water partition coefficient (Wildman–Crippen LogP) is 4.82. The van der Waals surface area contributed by atoms with Crippen LogP contribution in [0.2, 0.25) is 5.02 Å². The lowest BCUT2D eigenvalue weighted by molar-refractivity contribution is 0.0579. The van der Waals surface area contributed by atoms with Crippen molar-refractivity contribution in [3.05, 3.63) is 51.8 Å². The standard InChI is InChI=1S/C23H26ClN3O5/c1-7-26(22(29)32-23(2,3)4)21-25-18-10-8-9-17(24)19(18)20(28)27(21)14-11-15(30-5)13-16(12-14)31-6/h8-13H,7H2,1-6H3. The number of amides is 1. The first-order valence-electron chi connectivity index (χ1n) is 10.0. The highest BCUT2D eigenvalue weighted by Gasteiger charge is 2.28. The minimum atomic E-state index is -0.727. The lowest BCUT2D eigenvalue weighted by Crippen LogP contribution is -2.40. The molecule has 32 heavy (non-hydrogen) atoms. The molecule has 0 radical (unpaired) electrons. The van der Waals surface area contributed by atoms with Crippen LogP contribution in [0.25, 0.3) is 16.6 Å². The number of nitrogens with zero attached hydrogens (tertiary/aromatic N) is 3. The Morgan fingerprint density at radius 2 is 1.75 bits per heavy atom. The third-order valence-electron chi connectivity index (χ3n) is 4.59. The van der Waals surface area contributed by atoms with Gasteiger partial charge in [-0.25, -0.2) is 19.2 Å². The number of aromatic nitrogens is 2. The van der Waals surface area contributed by atoms with Gasteiger partial charge >= 0.3 is 6.09 Å². The number of hydrogen-bond acceptors (Lipinski definition) is 6. The second-order valence-electron chi connectivity index (χ2n) is 7.98. The first-order valence-corrected chi connectivity index (χ1v) is 10.4. The van der Waals surface area contributed by atoms with Crippen LogP contribution in [0.1, 0.15) is 27.7 Å². The van der Waals surface area contributed by atoms with E-state index < -0.39 is 17.3 Å². The molecule has 0 unspecified atom stereocenters. The summed E-state index contributed by atoms with van der Waals surface area (Å²) >= 11 is 6.35. The smallest absolute Gasteiger partial charge is 0.417 e. The van der Waals surface area contributed by atoms with Gasteiger partial charge in [0, 0.05) is 24.7 Å². The lowest BCUT2D eigenvalue weighted by Gasteiger charge is -2.27. The molecule has 8 nitrogen and oxygen atoms in total. The molecule has 0 N–H and O–H groups in total. The molecule has 0 bridgehead atoms. The van der Waals surface area contributed by atoms with Crippen LogP contribution in [0.15, 0.2) is 41.2 Å². The summed E-state index contributed by atoms with van der Waals surface area (Å²) in [6.45, 7) is 7.30. The second-order valence-corrected chi connectivity index (χ2v) is 8.39. The van der Waals surface area contributed by atoms with Gasteiger partial charge in [0.05, 0.1) is 35.8 Å². The topological polar surface area (TPSA) is 82.9 Å². The van der Waals surface area contributed by atoms with Crippen molar-refractivity contribution in [2.75, 3.05) is 25.7 Å². The Morgan fingerprint density at radius 3 is 2.28 bits per heavy atom. The fourth-order valence-corrected chi connectivity index (χ4v) is 3.43. The monoisotopic (exact) mass is 459 g/mol. The Bertz CT molecular complexity index is 1190. The average molecular weight is 460 g/mol. The van der Waals surface area contributed by atoms with E-state index in [1.54, 1.807) is 64.1 Å². The van der Waals surface area contributed by atoms with Crippen molar-refractivity contribution >= 4 is 34.5 Å². The maximum Gasteiger partial charge on any atom is 0.417 e. The molecule has 0 spiro atoms. The molecule has 9 heteroatoms. The number of benzene rings is 2. The minimum Gasteiger partial charge on any atom is -0.497 e. The molecule has 0 aliphatic heterocycles. The fourth-order valence-electron chi connectivity index (χ4n) is 3.18. The van der Waals surface area contributed by atoms with E-state index in [1.807, 2.05) is 0 Å². The van der Waals surface area contributed by atoms with Crippen LogP contribution in [-0.4, -0.2) is 42.0 Å². The van der Waals surface area contributed by atoms with Crippen molar-refractivity contribution in [3.63, 3.8) is 0 Å². The first-order chi connectivity index (χ1) is 15.1. The van der Waals surface area contributed by atoms with Crippen LogP contribution in [0.3, 0.4) is 0 Å². The molecule has 0 aliphatic rings. The largest absolute Gasteiger partial charge is 0.497 e. The van der Waals surface area contributed by atoms with Gasteiger partial charge in [-0.2, -0.15) is 0 Å². The second kappa shape index (κ2) is 9.08. The van der Waals surface area contributed by atoms with Crippen LogP contribution < -0.4 is 19.9 Å². The molecule has 0 atom stereocenters. The quantitative estimate of drug-likeness (QED) is 0.544. The molecule has 3 rings (SSSR count). The van der Waals surface area contributed by atoms with Gasteiger partial charge in [-0.05, 0) is 39.8 Å². The van der Waals surface area contributed by atoms with Crippen molar-refractivity contribution < 1.29 is 19.0 Å². The molecule has 0 saturated heterocycles. The van der Waals surface area contributed by atoms with Crippen molar-refractivity contribution in [1.29, 1.82) is 0 Å². The van der Waals surface area contributed by atoms with Gasteiger partial charge in [-0.1, -0.05) is 17.7 Å². The summed E-state index contributed by atoms with van der Waals surface area (Å²) in [7, 11) is 3.02. The maximum atomic E-state index is 13.7. The molecular weight excluding hydrogens is 434 g/mol. The van der Waals surface area contributed by atoms with E-state index in [2.05, 4.69) is 4.98 Å².